The Morgan fingerprint density at radius 1 is 1.11 bits per heavy atom. The number of hydrogen-bond acceptors (Lipinski definition) is 4. The summed E-state index contributed by atoms with van der Waals surface area (Å²) in [5.41, 5.74) is 0. The first-order valence-corrected chi connectivity index (χ1v) is 7.11. The SMILES string of the molecule is CCN(CCCN(CC)C1CC1)c1ncccn1. The number of anilines is 1. The van der Waals surface area contributed by atoms with E-state index in [1.54, 1.807) is 0 Å². The Morgan fingerprint density at radius 2 is 1.83 bits per heavy atom. The van der Waals surface area contributed by atoms with Gasteiger partial charge in [0.1, 0.15) is 0 Å². The zero-order valence-corrected chi connectivity index (χ0v) is 11.5. The van der Waals surface area contributed by atoms with Gasteiger partial charge in [-0.05, 0) is 38.8 Å². The quantitative estimate of drug-likeness (QED) is 0.706. The van der Waals surface area contributed by atoms with E-state index in [1.165, 1.54) is 32.4 Å². The molecular formula is C14H24N4. The second-order valence-corrected chi connectivity index (χ2v) is 4.84. The van der Waals surface area contributed by atoms with Crippen molar-refractivity contribution < 1.29 is 0 Å². The lowest BCUT2D eigenvalue weighted by Gasteiger charge is -2.24. The highest BCUT2D eigenvalue weighted by Crippen LogP contribution is 2.26. The van der Waals surface area contributed by atoms with Crippen LogP contribution >= 0.6 is 0 Å². The summed E-state index contributed by atoms with van der Waals surface area (Å²) in [5, 5.41) is 0. The molecule has 100 valence electrons. The molecule has 0 radical (unpaired) electrons. The van der Waals surface area contributed by atoms with E-state index in [2.05, 4.69) is 33.6 Å². The van der Waals surface area contributed by atoms with E-state index in [-0.39, 0.29) is 0 Å². The second kappa shape index (κ2) is 6.69. The van der Waals surface area contributed by atoms with Gasteiger partial charge in [0.15, 0.2) is 0 Å². The Morgan fingerprint density at radius 3 is 2.39 bits per heavy atom. The maximum atomic E-state index is 4.32. The summed E-state index contributed by atoms with van der Waals surface area (Å²) in [5.74, 6) is 0.856. The molecule has 0 N–H and O–H groups in total. The van der Waals surface area contributed by atoms with E-state index in [9.17, 15) is 0 Å². The van der Waals surface area contributed by atoms with Crippen molar-refractivity contribution in [3.8, 4) is 0 Å². The van der Waals surface area contributed by atoms with Crippen LogP contribution in [0.15, 0.2) is 18.5 Å². The first-order chi connectivity index (χ1) is 8.85. The topological polar surface area (TPSA) is 32.3 Å². The van der Waals surface area contributed by atoms with Crippen molar-refractivity contribution in [2.45, 2.75) is 39.2 Å². The molecule has 0 saturated heterocycles. The predicted molar refractivity (Wildman–Crippen MR) is 74.8 cm³/mol. The van der Waals surface area contributed by atoms with Crippen LogP contribution in [0.3, 0.4) is 0 Å². The normalized spacial score (nSPS) is 15.1. The Kier molecular flexibility index (Phi) is 4.93. The Labute approximate surface area is 110 Å². The van der Waals surface area contributed by atoms with E-state index in [1.807, 2.05) is 18.5 Å². The van der Waals surface area contributed by atoms with Crippen LogP contribution in [0.25, 0.3) is 0 Å². The third-order valence-corrected chi connectivity index (χ3v) is 3.56. The van der Waals surface area contributed by atoms with Crippen LogP contribution < -0.4 is 4.90 Å². The summed E-state index contributed by atoms with van der Waals surface area (Å²) in [6, 6.07) is 2.74. The van der Waals surface area contributed by atoms with E-state index in [4.69, 9.17) is 0 Å². The lowest BCUT2D eigenvalue weighted by atomic mass is 10.3. The minimum Gasteiger partial charge on any atom is -0.341 e. The Bertz CT molecular complexity index is 337. The van der Waals surface area contributed by atoms with E-state index in [0.717, 1.165) is 25.1 Å². The third-order valence-electron chi connectivity index (χ3n) is 3.56. The molecule has 1 aliphatic rings. The molecule has 4 heteroatoms. The van der Waals surface area contributed by atoms with Crippen LogP contribution in [0.4, 0.5) is 5.95 Å². The van der Waals surface area contributed by atoms with Crippen LogP contribution in [0.1, 0.15) is 33.1 Å². The number of aromatic nitrogens is 2. The molecule has 0 aliphatic heterocycles. The van der Waals surface area contributed by atoms with Crippen molar-refractivity contribution >= 4 is 5.95 Å². The summed E-state index contributed by atoms with van der Waals surface area (Å²) >= 11 is 0. The molecule has 0 unspecified atom stereocenters. The fourth-order valence-electron chi connectivity index (χ4n) is 2.36. The molecule has 0 atom stereocenters. The molecule has 1 aromatic heterocycles. The molecule has 0 bridgehead atoms. The van der Waals surface area contributed by atoms with Crippen molar-refractivity contribution in [3.63, 3.8) is 0 Å². The van der Waals surface area contributed by atoms with E-state index >= 15 is 0 Å². The monoisotopic (exact) mass is 248 g/mol. The second-order valence-electron chi connectivity index (χ2n) is 4.84. The Hall–Kier alpha value is -1.16. The molecule has 0 amide bonds. The van der Waals surface area contributed by atoms with Gasteiger partial charge in [-0.15, -0.1) is 0 Å². The Balaban J connectivity index is 1.77. The highest BCUT2D eigenvalue weighted by Gasteiger charge is 2.27. The van der Waals surface area contributed by atoms with Gasteiger partial charge < -0.3 is 9.80 Å². The van der Waals surface area contributed by atoms with Gasteiger partial charge in [0.2, 0.25) is 5.95 Å². The lowest BCUT2D eigenvalue weighted by molar-refractivity contribution is 0.275. The van der Waals surface area contributed by atoms with Gasteiger partial charge in [0, 0.05) is 38.1 Å². The van der Waals surface area contributed by atoms with E-state index < -0.39 is 0 Å². The highest BCUT2D eigenvalue weighted by molar-refractivity contribution is 5.27. The van der Waals surface area contributed by atoms with Crippen LogP contribution in [-0.2, 0) is 0 Å². The predicted octanol–water partition coefficient (Wildman–Crippen LogP) is 2.18. The maximum absolute atomic E-state index is 4.32. The van der Waals surface area contributed by atoms with Crippen molar-refractivity contribution in [3.05, 3.63) is 18.5 Å². The van der Waals surface area contributed by atoms with Gasteiger partial charge >= 0.3 is 0 Å². The lowest BCUT2D eigenvalue weighted by Crippen LogP contribution is -2.32. The van der Waals surface area contributed by atoms with Crippen molar-refractivity contribution in [1.82, 2.24) is 14.9 Å². The minimum atomic E-state index is 0.856. The van der Waals surface area contributed by atoms with Gasteiger partial charge in [-0.2, -0.15) is 0 Å². The largest absolute Gasteiger partial charge is 0.341 e. The first kappa shape index (κ1) is 13.3. The van der Waals surface area contributed by atoms with Crippen LogP contribution in [-0.4, -0.2) is 47.1 Å². The summed E-state index contributed by atoms with van der Waals surface area (Å²) in [7, 11) is 0. The number of rotatable bonds is 8. The van der Waals surface area contributed by atoms with Crippen molar-refractivity contribution in [2.24, 2.45) is 0 Å². The van der Waals surface area contributed by atoms with Crippen molar-refractivity contribution in [1.29, 1.82) is 0 Å². The smallest absolute Gasteiger partial charge is 0.225 e. The molecule has 2 rings (SSSR count). The zero-order chi connectivity index (χ0) is 12.8. The molecule has 1 aliphatic carbocycles. The summed E-state index contributed by atoms with van der Waals surface area (Å²) < 4.78 is 0. The van der Waals surface area contributed by atoms with Crippen LogP contribution in [0.5, 0.6) is 0 Å². The zero-order valence-electron chi connectivity index (χ0n) is 11.5. The molecule has 1 fully saturated rings. The van der Waals surface area contributed by atoms with Crippen LogP contribution in [0.2, 0.25) is 0 Å². The molecule has 1 heterocycles. The van der Waals surface area contributed by atoms with Gasteiger partial charge in [0.25, 0.3) is 0 Å². The fourth-order valence-corrected chi connectivity index (χ4v) is 2.36. The summed E-state index contributed by atoms with van der Waals surface area (Å²) in [6.07, 6.45) is 7.61. The minimum absolute atomic E-state index is 0.856. The molecule has 18 heavy (non-hydrogen) atoms. The molecular weight excluding hydrogens is 224 g/mol. The number of hydrogen-bond donors (Lipinski definition) is 0. The van der Waals surface area contributed by atoms with E-state index in [0.29, 0.717) is 0 Å². The first-order valence-electron chi connectivity index (χ1n) is 7.11. The van der Waals surface area contributed by atoms with Gasteiger partial charge in [-0.3, -0.25) is 0 Å². The van der Waals surface area contributed by atoms with Crippen molar-refractivity contribution in [2.75, 3.05) is 31.1 Å². The average Bonchev–Trinajstić information content (AvgIpc) is 3.25. The summed E-state index contributed by atoms with van der Waals surface area (Å²) in [4.78, 5) is 13.5. The summed E-state index contributed by atoms with van der Waals surface area (Å²) in [6.45, 7) is 8.82. The number of nitrogens with zero attached hydrogens (tertiary/aromatic N) is 4. The molecule has 0 spiro atoms. The molecule has 1 saturated carbocycles. The highest BCUT2D eigenvalue weighted by atomic mass is 15.2. The van der Waals surface area contributed by atoms with Gasteiger partial charge in [-0.25, -0.2) is 9.97 Å². The average molecular weight is 248 g/mol. The molecule has 4 nitrogen and oxygen atoms in total. The maximum Gasteiger partial charge on any atom is 0.225 e. The fraction of sp³-hybridized carbons (Fsp3) is 0.714. The molecule has 1 aromatic rings. The molecule has 0 aromatic carbocycles. The van der Waals surface area contributed by atoms with Gasteiger partial charge in [0.05, 0.1) is 0 Å². The van der Waals surface area contributed by atoms with Gasteiger partial charge in [-0.1, -0.05) is 6.92 Å². The van der Waals surface area contributed by atoms with Crippen LogP contribution in [0, 0.1) is 0 Å². The third kappa shape index (κ3) is 3.67. The standard InChI is InChI=1S/C14H24N4/c1-3-17(13-7-8-13)11-6-12-18(4-2)14-15-9-5-10-16-14/h5,9-10,13H,3-4,6-8,11-12H2,1-2H3.